The number of hydrogen-bond acceptors (Lipinski definition) is 4. The molecule has 0 bridgehead atoms. The molecule has 2 amide bonds. The van der Waals surface area contributed by atoms with Crippen LogP contribution in [0.15, 0.2) is 30.3 Å². The van der Waals surface area contributed by atoms with Gasteiger partial charge in [-0.25, -0.2) is 0 Å². The largest absolute Gasteiger partial charge is 0.354 e. The number of nitrogens with one attached hydrogen (secondary N) is 2. The van der Waals surface area contributed by atoms with Crippen LogP contribution in [0.3, 0.4) is 0 Å². The lowest BCUT2D eigenvalue weighted by Gasteiger charge is -2.14. The minimum atomic E-state index is -0.412. The fourth-order valence-electron chi connectivity index (χ4n) is 1.87. The first-order valence-electron chi connectivity index (χ1n) is 6.18. The van der Waals surface area contributed by atoms with E-state index in [0.29, 0.717) is 18.7 Å². The van der Waals surface area contributed by atoms with Crippen molar-refractivity contribution in [3.63, 3.8) is 0 Å². The van der Waals surface area contributed by atoms with Gasteiger partial charge >= 0.3 is 0 Å². The molecule has 19 heavy (non-hydrogen) atoms. The predicted molar refractivity (Wildman–Crippen MR) is 75.8 cm³/mol. The molecule has 4 N–H and O–H groups in total. The van der Waals surface area contributed by atoms with E-state index in [-0.39, 0.29) is 17.2 Å². The fourth-order valence-corrected chi connectivity index (χ4v) is 2.65. The van der Waals surface area contributed by atoms with Gasteiger partial charge in [-0.15, -0.1) is 0 Å². The number of carbonyl (C=O) groups excluding carboxylic acids is 2. The van der Waals surface area contributed by atoms with E-state index in [4.69, 9.17) is 5.73 Å². The topological polar surface area (TPSA) is 84.2 Å². The van der Waals surface area contributed by atoms with Crippen LogP contribution in [0.5, 0.6) is 0 Å². The third-order valence-electron chi connectivity index (χ3n) is 2.97. The molecule has 0 saturated carbocycles. The quantitative estimate of drug-likeness (QED) is 0.751. The van der Waals surface area contributed by atoms with Crippen molar-refractivity contribution in [1.82, 2.24) is 10.6 Å². The second-order valence-electron chi connectivity index (χ2n) is 4.39. The number of thioether (sulfide) groups is 1. The van der Waals surface area contributed by atoms with Crippen molar-refractivity contribution in [2.75, 3.05) is 12.3 Å². The van der Waals surface area contributed by atoms with E-state index in [1.165, 1.54) is 0 Å². The fraction of sp³-hybridized carbons (Fsp3) is 0.385. The van der Waals surface area contributed by atoms with Gasteiger partial charge in [0.25, 0.3) is 5.24 Å². The molecule has 1 aromatic carbocycles. The summed E-state index contributed by atoms with van der Waals surface area (Å²) < 4.78 is 0. The maximum atomic E-state index is 11.7. The minimum absolute atomic E-state index is 0.0888. The van der Waals surface area contributed by atoms with Gasteiger partial charge in [-0.1, -0.05) is 42.1 Å². The Morgan fingerprint density at radius 1 is 1.47 bits per heavy atom. The van der Waals surface area contributed by atoms with Crippen LogP contribution in [0.25, 0.3) is 0 Å². The third kappa shape index (κ3) is 3.97. The second-order valence-corrected chi connectivity index (χ2v) is 5.39. The highest BCUT2D eigenvalue weighted by molar-refractivity contribution is 8.14. The molecule has 5 nitrogen and oxygen atoms in total. The summed E-state index contributed by atoms with van der Waals surface area (Å²) in [6.07, 6.45) is 0.670. The molecule has 6 heteroatoms. The summed E-state index contributed by atoms with van der Waals surface area (Å²) >= 11 is 1.13. The number of rotatable bonds is 5. The summed E-state index contributed by atoms with van der Waals surface area (Å²) in [6, 6.07) is 9.27. The molecule has 0 spiro atoms. The Morgan fingerprint density at radius 3 is 2.84 bits per heavy atom. The average molecular weight is 279 g/mol. The molecule has 2 atom stereocenters. The lowest BCUT2D eigenvalue weighted by Crippen LogP contribution is -2.43. The highest BCUT2D eigenvalue weighted by Crippen LogP contribution is 2.14. The first-order valence-corrected chi connectivity index (χ1v) is 7.17. The van der Waals surface area contributed by atoms with Crippen LogP contribution >= 0.6 is 11.8 Å². The van der Waals surface area contributed by atoms with E-state index in [2.05, 4.69) is 10.6 Å². The summed E-state index contributed by atoms with van der Waals surface area (Å²) in [4.78, 5) is 22.7. The van der Waals surface area contributed by atoms with E-state index in [1.807, 2.05) is 30.3 Å². The van der Waals surface area contributed by atoms with E-state index < -0.39 is 6.04 Å². The zero-order chi connectivity index (χ0) is 13.7. The number of amides is 2. The van der Waals surface area contributed by atoms with E-state index >= 15 is 0 Å². The number of hydrogen-bond donors (Lipinski definition) is 3. The second kappa shape index (κ2) is 6.58. The smallest absolute Gasteiger partial charge is 0.279 e. The van der Waals surface area contributed by atoms with Crippen molar-refractivity contribution in [3.8, 4) is 0 Å². The first kappa shape index (κ1) is 13.9. The summed E-state index contributed by atoms with van der Waals surface area (Å²) in [6.45, 7) is 0.506. The summed E-state index contributed by atoms with van der Waals surface area (Å²) in [5.74, 6) is 0.355. The van der Waals surface area contributed by atoms with E-state index in [9.17, 15) is 9.59 Å². The Labute approximate surface area is 116 Å². The van der Waals surface area contributed by atoms with Gasteiger partial charge in [0.2, 0.25) is 5.91 Å². The summed E-state index contributed by atoms with van der Waals surface area (Å²) in [5, 5.41) is 5.27. The van der Waals surface area contributed by atoms with Gasteiger partial charge in [0.15, 0.2) is 0 Å². The third-order valence-corrected chi connectivity index (χ3v) is 3.85. The number of nitrogens with two attached hydrogens (primary N) is 1. The molecule has 102 valence electrons. The molecule has 1 aliphatic heterocycles. The minimum Gasteiger partial charge on any atom is -0.354 e. The van der Waals surface area contributed by atoms with Gasteiger partial charge in [0.05, 0.1) is 0 Å². The number of benzene rings is 1. The highest BCUT2D eigenvalue weighted by atomic mass is 32.2. The standard InChI is InChI=1S/C13H17N3O2S/c14-10(9-4-2-1-3-5-9)6-7-15-12(17)11-8-19-13(18)16-11/h1-5,10-11H,6-8,14H2,(H,15,17)(H,16,18). The normalized spacial score (nSPS) is 19.8. The maximum absolute atomic E-state index is 11.7. The molecule has 1 fully saturated rings. The molecule has 1 aliphatic rings. The van der Waals surface area contributed by atoms with Gasteiger partial charge in [0.1, 0.15) is 6.04 Å². The van der Waals surface area contributed by atoms with Crippen LogP contribution in [0.2, 0.25) is 0 Å². The van der Waals surface area contributed by atoms with Gasteiger partial charge < -0.3 is 16.4 Å². The van der Waals surface area contributed by atoms with Crippen molar-refractivity contribution in [3.05, 3.63) is 35.9 Å². The Bertz CT molecular complexity index is 452. The lowest BCUT2D eigenvalue weighted by molar-refractivity contribution is -0.122. The molecule has 2 unspecified atom stereocenters. The van der Waals surface area contributed by atoms with Gasteiger partial charge in [-0.2, -0.15) is 0 Å². The predicted octanol–water partition coefficient (Wildman–Crippen LogP) is 1.02. The molecule has 1 saturated heterocycles. The molecule has 0 aliphatic carbocycles. The zero-order valence-corrected chi connectivity index (χ0v) is 11.3. The van der Waals surface area contributed by atoms with Gasteiger partial charge in [-0.05, 0) is 12.0 Å². The van der Waals surface area contributed by atoms with Gasteiger partial charge in [0, 0.05) is 18.3 Å². The molecule has 0 aromatic heterocycles. The molecule has 0 radical (unpaired) electrons. The van der Waals surface area contributed by atoms with Crippen LogP contribution in [0.4, 0.5) is 4.79 Å². The van der Waals surface area contributed by atoms with E-state index in [0.717, 1.165) is 17.3 Å². The maximum Gasteiger partial charge on any atom is 0.279 e. The van der Waals surface area contributed by atoms with Crippen LogP contribution in [0.1, 0.15) is 18.0 Å². The van der Waals surface area contributed by atoms with Crippen molar-refractivity contribution < 1.29 is 9.59 Å². The van der Waals surface area contributed by atoms with Crippen molar-refractivity contribution in [2.45, 2.75) is 18.5 Å². The SMILES string of the molecule is NC(CCNC(=O)C1CSC(=O)N1)c1ccccc1. The van der Waals surface area contributed by atoms with Crippen LogP contribution in [-0.4, -0.2) is 29.5 Å². The van der Waals surface area contributed by atoms with Crippen LogP contribution in [-0.2, 0) is 4.79 Å². The molecule has 1 aromatic rings. The first-order chi connectivity index (χ1) is 9.16. The van der Waals surface area contributed by atoms with Crippen molar-refractivity contribution in [2.24, 2.45) is 5.73 Å². The van der Waals surface area contributed by atoms with Crippen molar-refractivity contribution >= 4 is 22.9 Å². The Hall–Kier alpha value is -1.53. The molecule has 1 heterocycles. The highest BCUT2D eigenvalue weighted by Gasteiger charge is 2.27. The van der Waals surface area contributed by atoms with E-state index in [1.54, 1.807) is 0 Å². The Morgan fingerprint density at radius 2 is 2.21 bits per heavy atom. The molecule has 2 rings (SSSR count). The van der Waals surface area contributed by atoms with Crippen molar-refractivity contribution in [1.29, 1.82) is 0 Å². The monoisotopic (exact) mass is 279 g/mol. The Balaban J connectivity index is 1.72. The molecular weight excluding hydrogens is 262 g/mol. The number of carbonyl (C=O) groups is 2. The Kier molecular flexibility index (Phi) is 4.81. The molecular formula is C13H17N3O2S. The summed E-state index contributed by atoms with van der Waals surface area (Å²) in [5.41, 5.74) is 7.09. The van der Waals surface area contributed by atoms with Crippen LogP contribution in [0, 0.1) is 0 Å². The summed E-state index contributed by atoms with van der Waals surface area (Å²) in [7, 11) is 0. The van der Waals surface area contributed by atoms with Crippen LogP contribution < -0.4 is 16.4 Å². The lowest BCUT2D eigenvalue weighted by atomic mass is 10.1. The van der Waals surface area contributed by atoms with Gasteiger partial charge in [-0.3, -0.25) is 9.59 Å². The average Bonchev–Trinajstić information content (AvgIpc) is 2.86. The zero-order valence-electron chi connectivity index (χ0n) is 10.5.